The fourth-order valence-electron chi connectivity index (χ4n) is 3.83. The quantitative estimate of drug-likeness (QED) is 0.475. The molecule has 5 heteroatoms. The predicted octanol–water partition coefficient (Wildman–Crippen LogP) is 6.21. The van der Waals surface area contributed by atoms with Gasteiger partial charge in [-0.15, -0.1) is 0 Å². The number of imide groups is 1. The van der Waals surface area contributed by atoms with Crippen LogP contribution in [0.25, 0.3) is 22.9 Å². The Morgan fingerprint density at radius 3 is 2.13 bits per heavy atom. The molecule has 0 N–H and O–H groups in total. The summed E-state index contributed by atoms with van der Waals surface area (Å²) in [5, 5.41) is -0.202. The van der Waals surface area contributed by atoms with E-state index in [4.69, 9.17) is 0 Å². The molecule has 0 aliphatic carbocycles. The van der Waals surface area contributed by atoms with Gasteiger partial charge in [0.05, 0.1) is 4.91 Å². The number of aromatic nitrogens is 1. The summed E-state index contributed by atoms with van der Waals surface area (Å²) in [7, 11) is 0. The highest BCUT2D eigenvalue weighted by Crippen LogP contribution is 2.35. The Labute approximate surface area is 181 Å². The minimum atomic E-state index is -0.211. The number of aryl methyl sites for hydroxylation is 1. The lowest BCUT2D eigenvalue weighted by atomic mass is 10.1. The van der Waals surface area contributed by atoms with Gasteiger partial charge in [-0.1, -0.05) is 42.5 Å². The third-order valence-corrected chi connectivity index (χ3v) is 6.21. The smallest absolute Gasteiger partial charge is 0.293 e. The summed E-state index contributed by atoms with van der Waals surface area (Å²) < 4.78 is 2.17. The number of rotatable bonds is 4. The fraction of sp³-hybridized carbons (Fsp3) is 0.200. The minimum absolute atomic E-state index is 0.140. The second kappa shape index (κ2) is 8.00. The molecule has 0 radical (unpaired) electrons. The molecule has 1 fully saturated rings. The number of carbonyl (C=O) groups excluding carboxylic acids is 2. The van der Waals surface area contributed by atoms with E-state index in [1.54, 1.807) is 0 Å². The topological polar surface area (TPSA) is 42.3 Å². The van der Waals surface area contributed by atoms with Crippen LogP contribution < -0.4 is 0 Å². The van der Waals surface area contributed by atoms with E-state index in [2.05, 4.69) is 54.0 Å². The van der Waals surface area contributed by atoms with E-state index in [1.165, 1.54) is 16.0 Å². The van der Waals surface area contributed by atoms with Gasteiger partial charge in [-0.3, -0.25) is 14.5 Å². The first kappa shape index (κ1) is 20.2. The summed E-state index contributed by atoms with van der Waals surface area (Å²) >= 11 is 1.01. The second-order valence-electron chi connectivity index (χ2n) is 7.72. The molecular weight excluding hydrogens is 392 g/mol. The third-order valence-electron chi connectivity index (χ3n) is 5.33. The van der Waals surface area contributed by atoms with Crippen molar-refractivity contribution in [1.29, 1.82) is 0 Å². The molecular formula is C25H24N2O2S. The Kier molecular flexibility index (Phi) is 5.39. The van der Waals surface area contributed by atoms with Crippen molar-refractivity contribution in [2.75, 3.05) is 0 Å². The Hall–Kier alpha value is -3.05. The van der Waals surface area contributed by atoms with Gasteiger partial charge in [-0.25, -0.2) is 0 Å². The van der Waals surface area contributed by atoms with Crippen LogP contribution >= 0.6 is 11.8 Å². The maximum absolute atomic E-state index is 12.6. The maximum atomic E-state index is 12.6. The molecule has 4 rings (SSSR count). The monoisotopic (exact) mass is 416 g/mol. The lowest BCUT2D eigenvalue weighted by Crippen LogP contribution is -2.34. The average Bonchev–Trinajstić information content (AvgIpc) is 3.17. The largest absolute Gasteiger partial charge is 0.318 e. The van der Waals surface area contributed by atoms with Gasteiger partial charge in [0.1, 0.15) is 0 Å². The molecule has 0 bridgehead atoms. The summed E-state index contributed by atoms with van der Waals surface area (Å²) in [4.78, 5) is 26.6. The van der Waals surface area contributed by atoms with E-state index < -0.39 is 0 Å². The van der Waals surface area contributed by atoms with E-state index >= 15 is 0 Å². The summed E-state index contributed by atoms with van der Waals surface area (Å²) in [5.41, 5.74) is 6.50. The normalized spacial score (nSPS) is 15.6. The average molecular weight is 417 g/mol. The molecule has 0 saturated carbocycles. The summed E-state index contributed by atoms with van der Waals surface area (Å²) in [6, 6.07) is 20.7. The van der Waals surface area contributed by atoms with Gasteiger partial charge in [0.15, 0.2) is 0 Å². The summed E-state index contributed by atoms with van der Waals surface area (Å²) in [6.07, 6.45) is 1.84. The van der Waals surface area contributed by atoms with Crippen molar-refractivity contribution < 1.29 is 9.59 Å². The predicted molar refractivity (Wildman–Crippen MR) is 124 cm³/mol. The van der Waals surface area contributed by atoms with Crippen molar-refractivity contribution >= 4 is 29.0 Å². The summed E-state index contributed by atoms with van der Waals surface area (Å²) in [6.45, 7) is 7.79. The van der Waals surface area contributed by atoms with Gasteiger partial charge in [-0.05, 0) is 80.4 Å². The molecule has 0 atom stereocenters. The number of benzene rings is 2. The minimum Gasteiger partial charge on any atom is -0.318 e. The molecule has 3 aromatic rings. The van der Waals surface area contributed by atoms with Crippen molar-refractivity contribution in [3.05, 3.63) is 82.5 Å². The van der Waals surface area contributed by atoms with Crippen LogP contribution in [0, 0.1) is 13.8 Å². The lowest BCUT2D eigenvalue weighted by Gasteiger charge is -2.16. The van der Waals surface area contributed by atoms with Crippen LogP contribution in [0.15, 0.2) is 65.6 Å². The van der Waals surface area contributed by atoms with E-state index in [1.807, 2.05) is 45.0 Å². The Balaban J connectivity index is 1.66. The maximum Gasteiger partial charge on any atom is 0.293 e. The van der Waals surface area contributed by atoms with Crippen molar-refractivity contribution in [1.82, 2.24) is 9.47 Å². The molecule has 152 valence electrons. The van der Waals surface area contributed by atoms with E-state index in [0.29, 0.717) is 4.91 Å². The Morgan fingerprint density at radius 1 is 0.900 bits per heavy atom. The van der Waals surface area contributed by atoms with E-state index in [9.17, 15) is 9.59 Å². The molecule has 1 saturated heterocycles. The molecule has 0 spiro atoms. The van der Waals surface area contributed by atoms with Crippen molar-refractivity contribution in [3.8, 4) is 16.8 Å². The zero-order valence-electron chi connectivity index (χ0n) is 17.5. The van der Waals surface area contributed by atoms with Crippen LogP contribution in [-0.4, -0.2) is 26.7 Å². The van der Waals surface area contributed by atoms with Crippen LogP contribution in [-0.2, 0) is 4.79 Å². The Bertz CT molecular complexity index is 1140. The fourth-order valence-corrected chi connectivity index (χ4v) is 4.78. The van der Waals surface area contributed by atoms with Crippen LogP contribution in [0.5, 0.6) is 0 Å². The molecule has 4 nitrogen and oxygen atoms in total. The van der Waals surface area contributed by atoms with Crippen LogP contribution in [0.4, 0.5) is 4.79 Å². The summed E-state index contributed by atoms with van der Waals surface area (Å²) in [5.74, 6) is -0.211. The number of hydrogen-bond acceptors (Lipinski definition) is 3. The molecule has 2 heterocycles. The molecule has 0 unspecified atom stereocenters. The van der Waals surface area contributed by atoms with Gasteiger partial charge in [0.25, 0.3) is 11.1 Å². The van der Waals surface area contributed by atoms with Gasteiger partial charge < -0.3 is 4.57 Å². The highest BCUT2D eigenvalue weighted by atomic mass is 32.2. The number of carbonyl (C=O) groups is 2. The number of hydrogen-bond donors (Lipinski definition) is 0. The van der Waals surface area contributed by atoms with Crippen LogP contribution in [0.3, 0.4) is 0 Å². The second-order valence-corrected chi connectivity index (χ2v) is 8.71. The van der Waals surface area contributed by atoms with Gasteiger partial charge in [0.2, 0.25) is 0 Å². The third kappa shape index (κ3) is 3.61. The molecule has 30 heavy (non-hydrogen) atoms. The van der Waals surface area contributed by atoms with Crippen molar-refractivity contribution in [3.63, 3.8) is 0 Å². The van der Waals surface area contributed by atoms with E-state index in [-0.39, 0.29) is 17.2 Å². The SMILES string of the molecule is Cc1cc(/C=C2\SC(=O)N(C(C)C)C2=O)c(C)n1-c1ccc(-c2ccccc2)cc1. The van der Waals surface area contributed by atoms with E-state index in [0.717, 1.165) is 34.4 Å². The molecule has 1 aliphatic heterocycles. The van der Waals surface area contributed by atoms with Crippen molar-refractivity contribution in [2.45, 2.75) is 33.7 Å². The number of nitrogens with zero attached hydrogens (tertiary/aromatic N) is 2. The first-order valence-corrected chi connectivity index (χ1v) is 10.8. The number of thioether (sulfide) groups is 1. The van der Waals surface area contributed by atoms with Crippen molar-refractivity contribution in [2.24, 2.45) is 0 Å². The highest BCUT2D eigenvalue weighted by Gasteiger charge is 2.36. The molecule has 2 aromatic carbocycles. The zero-order valence-corrected chi connectivity index (χ0v) is 18.4. The van der Waals surface area contributed by atoms with Gasteiger partial charge >= 0.3 is 0 Å². The molecule has 1 aromatic heterocycles. The first-order valence-electron chi connectivity index (χ1n) is 9.98. The first-order chi connectivity index (χ1) is 14.4. The van der Waals surface area contributed by atoms with Crippen LogP contribution in [0.2, 0.25) is 0 Å². The standard InChI is InChI=1S/C25H24N2O2S/c1-16(2)26-24(28)23(30-25(26)29)15-21-14-17(3)27(18(21)4)22-12-10-20(11-13-22)19-8-6-5-7-9-19/h5-16H,1-4H3/b23-15-. The van der Waals surface area contributed by atoms with Gasteiger partial charge in [0, 0.05) is 23.1 Å². The van der Waals surface area contributed by atoms with Crippen LogP contribution in [0.1, 0.15) is 30.8 Å². The molecule has 1 aliphatic rings. The number of amides is 2. The highest BCUT2D eigenvalue weighted by molar-refractivity contribution is 8.18. The zero-order chi connectivity index (χ0) is 21.4. The van der Waals surface area contributed by atoms with Gasteiger partial charge in [-0.2, -0.15) is 0 Å². The molecule has 2 amide bonds. The Morgan fingerprint density at radius 2 is 1.53 bits per heavy atom. The lowest BCUT2D eigenvalue weighted by molar-refractivity contribution is -0.123.